The van der Waals surface area contributed by atoms with E-state index < -0.39 is 5.82 Å². The van der Waals surface area contributed by atoms with Crippen molar-refractivity contribution in [3.63, 3.8) is 0 Å². The SMILES string of the molecule is CCC1CCC(n2c(CCl)nc3cc(Cl)c(F)cc32)CC1. The number of fused-ring (bicyclic) bond motifs is 1. The quantitative estimate of drug-likeness (QED) is 0.660. The van der Waals surface area contributed by atoms with Gasteiger partial charge in [-0.3, -0.25) is 0 Å². The molecule has 114 valence electrons. The van der Waals surface area contributed by atoms with E-state index in [1.165, 1.54) is 25.3 Å². The van der Waals surface area contributed by atoms with Gasteiger partial charge in [0.25, 0.3) is 0 Å². The molecule has 0 N–H and O–H groups in total. The Kier molecular flexibility index (Phi) is 4.41. The molecular formula is C16H19Cl2FN2. The average Bonchev–Trinajstić information content (AvgIpc) is 2.85. The fourth-order valence-electron chi connectivity index (χ4n) is 3.45. The highest BCUT2D eigenvalue weighted by Gasteiger charge is 2.25. The molecule has 0 amide bonds. The molecule has 2 nitrogen and oxygen atoms in total. The van der Waals surface area contributed by atoms with Crippen LogP contribution in [0.2, 0.25) is 5.02 Å². The van der Waals surface area contributed by atoms with Gasteiger partial charge in [-0.05, 0) is 37.7 Å². The summed E-state index contributed by atoms with van der Waals surface area (Å²) >= 11 is 11.9. The van der Waals surface area contributed by atoms with Crippen molar-refractivity contribution in [1.82, 2.24) is 9.55 Å². The van der Waals surface area contributed by atoms with Crippen LogP contribution in [0.25, 0.3) is 11.0 Å². The third-order valence-electron chi connectivity index (χ3n) is 4.68. The Hall–Kier alpha value is -0.800. The standard InChI is InChI=1S/C16H19Cl2FN2/c1-2-10-3-5-11(6-4-10)21-15-8-13(19)12(18)7-14(15)20-16(21)9-17/h7-8,10-11H,2-6,9H2,1H3. The van der Waals surface area contributed by atoms with E-state index in [1.54, 1.807) is 6.07 Å². The number of hydrogen-bond donors (Lipinski definition) is 0. The minimum atomic E-state index is -0.395. The Balaban J connectivity index is 2.02. The number of alkyl halides is 1. The maximum Gasteiger partial charge on any atom is 0.144 e. The lowest BCUT2D eigenvalue weighted by Gasteiger charge is -2.30. The Labute approximate surface area is 134 Å². The van der Waals surface area contributed by atoms with Crippen LogP contribution in [0.4, 0.5) is 4.39 Å². The van der Waals surface area contributed by atoms with Crippen molar-refractivity contribution in [2.75, 3.05) is 0 Å². The molecule has 1 fully saturated rings. The van der Waals surface area contributed by atoms with Crippen molar-refractivity contribution in [2.24, 2.45) is 5.92 Å². The van der Waals surface area contributed by atoms with Crippen LogP contribution in [0.1, 0.15) is 50.9 Å². The number of rotatable bonds is 3. The lowest BCUT2D eigenvalue weighted by atomic mass is 9.84. The molecule has 0 bridgehead atoms. The third kappa shape index (κ3) is 2.78. The predicted octanol–water partition coefficient (Wildman–Crippen LogP) is 5.71. The normalized spacial score (nSPS) is 22.9. The maximum absolute atomic E-state index is 13.8. The first-order valence-electron chi connectivity index (χ1n) is 7.55. The molecule has 0 unspecified atom stereocenters. The van der Waals surface area contributed by atoms with Gasteiger partial charge in [0.1, 0.15) is 11.6 Å². The van der Waals surface area contributed by atoms with E-state index in [1.807, 2.05) is 0 Å². The summed E-state index contributed by atoms with van der Waals surface area (Å²) in [5, 5.41) is 0.114. The van der Waals surface area contributed by atoms with E-state index in [0.717, 1.165) is 35.6 Å². The monoisotopic (exact) mass is 328 g/mol. The fourth-order valence-corrected chi connectivity index (χ4v) is 3.80. The lowest BCUT2D eigenvalue weighted by molar-refractivity contribution is 0.270. The van der Waals surface area contributed by atoms with E-state index >= 15 is 0 Å². The van der Waals surface area contributed by atoms with Crippen molar-refractivity contribution in [1.29, 1.82) is 0 Å². The summed E-state index contributed by atoms with van der Waals surface area (Å²) in [6.07, 6.45) is 5.90. The number of halogens is 3. The zero-order chi connectivity index (χ0) is 15.0. The summed E-state index contributed by atoms with van der Waals surface area (Å²) in [7, 11) is 0. The van der Waals surface area contributed by atoms with E-state index in [4.69, 9.17) is 23.2 Å². The summed E-state index contributed by atoms with van der Waals surface area (Å²) in [6, 6.07) is 3.45. The molecule has 2 aromatic rings. The van der Waals surface area contributed by atoms with Gasteiger partial charge in [0.2, 0.25) is 0 Å². The van der Waals surface area contributed by atoms with Crippen molar-refractivity contribution < 1.29 is 4.39 Å². The fraction of sp³-hybridized carbons (Fsp3) is 0.562. The molecule has 0 atom stereocenters. The molecule has 1 saturated carbocycles. The van der Waals surface area contributed by atoms with Crippen molar-refractivity contribution in [3.8, 4) is 0 Å². The number of nitrogens with zero attached hydrogens (tertiary/aromatic N) is 2. The molecule has 1 aromatic carbocycles. The first-order chi connectivity index (χ1) is 10.1. The highest BCUT2D eigenvalue weighted by molar-refractivity contribution is 6.31. The van der Waals surface area contributed by atoms with Gasteiger partial charge in [0.15, 0.2) is 0 Å². The van der Waals surface area contributed by atoms with Crippen LogP contribution in [0, 0.1) is 11.7 Å². The first-order valence-corrected chi connectivity index (χ1v) is 8.47. The highest BCUT2D eigenvalue weighted by atomic mass is 35.5. The Morgan fingerprint density at radius 1 is 1.29 bits per heavy atom. The van der Waals surface area contributed by atoms with Crippen LogP contribution in [0.15, 0.2) is 12.1 Å². The second kappa shape index (κ2) is 6.13. The number of aromatic nitrogens is 2. The Bertz CT molecular complexity index is 645. The highest BCUT2D eigenvalue weighted by Crippen LogP contribution is 2.37. The Morgan fingerprint density at radius 2 is 2.00 bits per heavy atom. The van der Waals surface area contributed by atoms with Crippen molar-refractivity contribution >= 4 is 34.2 Å². The largest absolute Gasteiger partial charge is 0.324 e. The molecule has 0 aliphatic heterocycles. The molecule has 5 heteroatoms. The lowest BCUT2D eigenvalue weighted by Crippen LogP contribution is -2.19. The van der Waals surface area contributed by atoms with Gasteiger partial charge in [-0.2, -0.15) is 0 Å². The third-order valence-corrected chi connectivity index (χ3v) is 5.21. The molecule has 21 heavy (non-hydrogen) atoms. The van der Waals surface area contributed by atoms with Crippen LogP contribution in [0.3, 0.4) is 0 Å². The minimum absolute atomic E-state index is 0.114. The number of hydrogen-bond acceptors (Lipinski definition) is 1. The number of imidazole rings is 1. The van der Waals surface area contributed by atoms with Crippen molar-refractivity contribution in [2.45, 2.75) is 50.9 Å². The maximum atomic E-state index is 13.8. The Morgan fingerprint density at radius 3 is 2.62 bits per heavy atom. The average molecular weight is 329 g/mol. The number of benzene rings is 1. The zero-order valence-electron chi connectivity index (χ0n) is 12.1. The van der Waals surface area contributed by atoms with Gasteiger partial charge < -0.3 is 4.57 Å². The first kappa shape index (κ1) is 15.1. The molecule has 1 heterocycles. The molecule has 1 aromatic heterocycles. The van der Waals surface area contributed by atoms with Crippen LogP contribution in [-0.2, 0) is 5.88 Å². The van der Waals surface area contributed by atoms with Crippen LogP contribution >= 0.6 is 23.2 Å². The van der Waals surface area contributed by atoms with Gasteiger partial charge in [-0.15, -0.1) is 11.6 Å². The molecular weight excluding hydrogens is 310 g/mol. The molecule has 1 aliphatic rings. The van der Waals surface area contributed by atoms with Crippen LogP contribution in [-0.4, -0.2) is 9.55 Å². The second-order valence-electron chi connectivity index (χ2n) is 5.87. The topological polar surface area (TPSA) is 17.8 Å². The van der Waals surface area contributed by atoms with Gasteiger partial charge >= 0.3 is 0 Å². The molecule has 0 spiro atoms. The smallest absolute Gasteiger partial charge is 0.144 e. The summed E-state index contributed by atoms with van der Waals surface area (Å²) in [5.41, 5.74) is 1.54. The summed E-state index contributed by atoms with van der Waals surface area (Å²) in [4.78, 5) is 4.53. The van der Waals surface area contributed by atoms with E-state index in [-0.39, 0.29) is 5.02 Å². The van der Waals surface area contributed by atoms with Gasteiger partial charge in [0, 0.05) is 12.1 Å². The van der Waals surface area contributed by atoms with E-state index in [2.05, 4.69) is 16.5 Å². The summed E-state index contributed by atoms with van der Waals surface area (Å²) in [6.45, 7) is 2.25. The van der Waals surface area contributed by atoms with E-state index in [9.17, 15) is 4.39 Å². The van der Waals surface area contributed by atoms with Gasteiger partial charge in [-0.1, -0.05) is 24.9 Å². The second-order valence-corrected chi connectivity index (χ2v) is 6.54. The van der Waals surface area contributed by atoms with Crippen molar-refractivity contribution in [3.05, 3.63) is 28.8 Å². The van der Waals surface area contributed by atoms with Crippen LogP contribution < -0.4 is 0 Å². The zero-order valence-corrected chi connectivity index (χ0v) is 13.6. The summed E-state index contributed by atoms with van der Waals surface area (Å²) in [5.74, 6) is 1.57. The van der Waals surface area contributed by atoms with Gasteiger partial charge in [-0.25, -0.2) is 9.37 Å². The minimum Gasteiger partial charge on any atom is -0.324 e. The van der Waals surface area contributed by atoms with E-state index in [0.29, 0.717) is 11.9 Å². The molecule has 1 aliphatic carbocycles. The molecule has 0 radical (unpaired) electrons. The summed E-state index contributed by atoms with van der Waals surface area (Å²) < 4.78 is 16.0. The predicted molar refractivity (Wildman–Crippen MR) is 85.5 cm³/mol. The molecule has 3 rings (SSSR count). The molecule has 0 saturated heterocycles. The van der Waals surface area contributed by atoms with Gasteiger partial charge in [0.05, 0.1) is 21.9 Å². The van der Waals surface area contributed by atoms with Crippen LogP contribution in [0.5, 0.6) is 0 Å².